The molecule has 0 fully saturated rings. The highest BCUT2D eigenvalue weighted by Crippen LogP contribution is 2.20. The Kier molecular flexibility index (Phi) is 2.97. The van der Waals surface area contributed by atoms with Gasteiger partial charge in [0.1, 0.15) is 0 Å². The summed E-state index contributed by atoms with van der Waals surface area (Å²) in [7, 11) is 0. The Balaban J connectivity index is 2.39. The smallest absolute Gasteiger partial charge is 0.0744 e. The zero-order chi connectivity index (χ0) is 11.5. The standard InChI is InChI=1S/C13H15N3/c1-9-3-6-16-12(7-9)13(14)11-8-15-5-4-10(11)2/h3-8,13H,14H2,1-2H3. The van der Waals surface area contributed by atoms with Crippen molar-refractivity contribution in [3.8, 4) is 0 Å². The molecule has 2 aromatic rings. The number of aromatic nitrogens is 2. The van der Waals surface area contributed by atoms with Crippen LogP contribution in [0.25, 0.3) is 0 Å². The van der Waals surface area contributed by atoms with Crippen LogP contribution in [-0.2, 0) is 0 Å². The molecule has 3 nitrogen and oxygen atoms in total. The van der Waals surface area contributed by atoms with Crippen LogP contribution in [0.2, 0.25) is 0 Å². The lowest BCUT2D eigenvalue weighted by Gasteiger charge is -2.13. The first kappa shape index (κ1) is 10.8. The van der Waals surface area contributed by atoms with Crippen LogP contribution in [0.5, 0.6) is 0 Å². The molecule has 0 aromatic carbocycles. The molecule has 1 atom stereocenters. The lowest BCUT2D eigenvalue weighted by molar-refractivity contribution is 0.812. The first-order chi connectivity index (χ1) is 7.68. The minimum atomic E-state index is -0.200. The maximum Gasteiger partial charge on any atom is 0.0744 e. The molecule has 1 unspecified atom stereocenters. The molecule has 2 N–H and O–H groups in total. The average molecular weight is 213 g/mol. The number of nitrogens with two attached hydrogens (primary N) is 1. The van der Waals surface area contributed by atoms with Crippen molar-refractivity contribution >= 4 is 0 Å². The molecule has 0 aliphatic rings. The van der Waals surface area contributed by atoms with Gasteiger partial charge >= 0.3 is 0 Å². The molecule has 0 aliphatic heterocycles. The fourth-order valence-electron chi connectivity index (χ4n) is 1.69. The van der Waals surface area contributed by atoms with E-state index in [1.165, 1.54) is 5.56 Å². The topological polar surface area (TPSA) is 51.8 Å². The van der Waals surface area contributed by atoms with E-state index in [0.29, 0.717) is 0 Å². The Bertz CT molecular complexity index is 494. The Morgan fingerprint density at radius 1 is 1.19 bits per heavy atom. The number of nitrogens with zero attached hydrogens (tertiary/aromatic N) is 2. The minimum Gasteiger partial charge on any atom is -0.319 e. The zero-order valence-corrected chi connectivity index (χ0v) is 9.51. The second-order valence-electron chi connectivity index (χ2n) is 3.97. The van der Waals surface area contributed by atoms with E-state index in [-0.39, 0.29) is 6.04 Å². The molecule has 0 bridgehead atoms. The molecule has 82 valence electrons. The molecule has 2 heterocycles. The molecular formula is C13H15N3. The van der Waals surface area contributed by atoms with Gasteiger partial charge in [-0.1, -0.05) is 0 Å². The van der Waals surface area contributed by atoms with Gasteiger partial charge in [0.25, 0.3) is 0 Å². The molecule has 0 saturated heterocycles. The van der Waals surface area contributed by atoms with Gasteiger partial charge in [-0.2, -0.15) is 0 Å². The van der Waals surface area contributed by atoms with Crippen LogP contribution in [0, 0.1) is 13.8 Å². The molecule has 16 heavy (non-hydrogen) atoms. The van der Waals surface area contributed by atoms with Crippen molar-refractivity contribution in [1.29, 1.82) is 0 Å². The van der Waals surface area contributed by atoms with Gasteiger partial charge in [0.05, 0.1) is 11.7 Å². The van der Waals surface area contributed by atoms with Crippen molar-refractivity contribution < 1.29 is 0 Å². The molecule has 3 heteroatoms. The van der Waals surface area contributed by atoms with Gasteiger partial charge in [0, 0.05) is 18.6 Å². The summed E-state index contributed by atoms with van der Waals surface area (Å²) < 4.78 is 0. The SMILES string of the molecule is Cc1ccnc(C(N)c2cnccc2C)c1. The number of hydrogen-bond acceptors (Lipinski definition) is 3. The largest absolute Gasteiger partial charge is 0.319 e. The summed E-state index contributed by atoms with van der Waals surface area (Å²) >= 11 is 0. The summed E-state index contributed by atoms with van der Waals surface area (Å²) in [5, 5.41) is 0. The van der Waals surface area contributed by atoms with Gasteiger partial charge in [0.2, 0.25) is 0 Å². The van der Waals surface area contributed by atoms with E-state index < -0.39 is 0 Å². The van der Waals surface area contributed by atoms with E-state index in [1.54, 1.807) is 12.4 Å². The fraction of sp³-hybridized carbons (Fsp3) is 0.231. The molecular weight excluding hydrogens is 198 g/mol. The molecule has 0 spiro atoms. The van der Waals surface area contributed by atoms with E-state index in [4.69, 9.17) is 5.73 Å². The molecule has 0 aliphatic carbocycles. The maximum atomic E-state index is 6.18. The van der Waals surface area contributed by atoms with Crippen LogP contribution in [0.15, 0.2) is 36.8 Å². The summed E-state index contributed by atoms with van der Waals surface area (Å²) in [6.07, 6.45) is 5.37. The summed E-state index contributed by atoms with van der Waals surface area (Å²) in [5.74, 6) is 0. The van der Waals surface area contributed by atoms with Crippen molar-refractivity contribution in [2.24, 2.45) is 5.73 Å². The predicted octanol–water partition coefficient (Wildman–Crippen LogP) is 2.14. The summed E-state index contributed by atoms with van der Waals surface area (Å²) in [5.41, 5.74) is 10.4. The van der Waals surface area contributed by atoms with Gasteiger partial charge < -0.3 is 5.73 Å². The first-order valence-electron chi connectivity index (χ1n) is 5.27. The van der Waals surface area contributed by atoms with Gasteiger partial charge in [-0.3, -0.25) is 9.97 Å². The van der Waals surface area contributed by atoms with Crippen molar-refractivity contribution in [3.63, 3.8) is 0 Å². The lowest BCUT2D eigenvalue weighted by Crippen LogP contribution is -2.15. The van der Waals surface area contributed by atoms with E-state index >= 15 is 0 Å². The fourth-order valence-corrected chi connectivity index (χ4v) is 1.69. The number of aryl methyl sites for hydroxylation is 2. The molecule has 0 radical (unpaired) electrons. The van der Waals surface area contributed by atoms with E-state index in [2.05, 4.69) is 9.97 Å². The minimum absolute atomic E-state index is 0.200. The van der Waals surface area contributed by atoms with Crippen LogP contribution >= 0.6 is 0 Å². The van der Waals surface area contributed by atoms with Crippen LogP contribution < -0.4 is 5.73 Å². The van der Waals surface area contributed by atoms with Crippen molar-refractivity contribution in [2.45, 2.75) is 19.9 Å². The predicted molar refractivity (Wildman–Crippen MR) is 64.0 cm³/mol. The van der Waals surface area contributed by atoms with E-state index in [1.807, 2.05) is 38.2 Å². The monoisotopic (exact) mass is 213 g/mol. The second kappa shape index (κ2) is 4.41. The third kappa shape index (κ3) is 2.09. The molecule has 2 rings (SSSR count). The van der Waals surface area contributed by atoms with E-state index in [9.17, 15) is 0 Å². The highest BCUT2D eigenvalue weighted by Gasteiger charge is 2.12. The van der Waals surface area contributed by atoms with Crippen molar-refractivity contribution in [3.05, 3.63) is 59.2 Å². The Hall–Kier alpha value is -1.74. The average Bonchev–Trinajstić information content (AvgIpc) is 2.29. The summed E-state index contributed by atoms with van der Waals surface area (Å²) in [6.45, 7) is 4.07. The summed E-state index contributed by atoms with van der Waals surface area (Å²) in [4.78, 5) is 8.41. The molecule has 2 aromatic heterocycles. The van der Waals surface area contributed by atoms with Crippen LogP contribution in [0.3, 0.4) is 0 Å². The van der Waals surface area contributed by atoms with Gasteiger partial charge in [-0.05, 0) is 48.7 Å². The third-order valence-corrected chi connectivity index (χ3v) is 2.67. The van der Waals surface area contributed by atoms with Gasteiger partial charge in [-0.25, -0.2) is 0 Å². The normalized spacial score (nSPS) is 12.4. The zero-order valence-electron chi connectivity index (χ0n) is 9.51. The molecule has 0 saturated carbocycles. The van der Waals surface area contributed by atoms with Crippen LogP contribution in [0.4, 0.5) is 0 Å². The van der Waals surface area contributed by atoms with Gasteiger partial charge in [0.15, 0.2) is 0 Å². The summed E-state index contributed by atoms with van der Waals surface area (Å²) in [6, 6.07) is 5.74. The number of rotatable bonds is 2. The first-order valence-corrected chi connectivity index (χ1v) is 5.27. The van der Waals surface area contributed by atoms with Crippen molar-refractivity contribution in [1.82, 2.24) is 9.97 Å². The Morgan fingerprint density at radius 3 is 2.69 bits per heavy atom. The Labute approximate surface area is 95.4 Å². The quantitative estimate of drug-likeness (QED) is 0.831. The highest BCUT2D eigenvalue weighted by atomic mass is 14.8. The van der Waals surface area contributed by atoms with E-state index in [0.717, 1.165) is 16.8 Å². The van der Waals surface area contributed by atoms with Gasteiger partial charge in [-0.15, -0.1) is 0 Å². The van der Waals surface area contributed by atoms with Crippen LogP contribution in [-0.4, -0.2) is 9.97 Å². The third-order valence-electron chi connectivity index (χ3n) is 2.67. The second-order valence-corrected chi connectivity index (χ2v) is 3.97. The Morgan fingerprint density at radius 2 is 2.00 bits per heavy atom. The number of pyridine rings is 2. The van der Waals surface area contributed by atoms with Crippen LogP contribution in [0.1, 0.15) is 28.4 Å². The van der Waals surface area contributed by atoms with Crippen molar-refractivity contribution in [2.75, 3.05) is 0 Å². The number of hydrogen-bond donors (Lipinski definition) is 1. The lowest BCUT2D eigenvalue weighted by atomic mass is 10.0. The highest BCUT2D eigenvalue weighted by molar-refractivity contribution is 5.32. The molecule has 0 amide bonds. The maximum absolute atomic E-state index is 6.18.